The lowest BCUT2D eigenvalue weighted by Gasteiger charge is -2.32. The van der Waals surface area contributed by atoms with Crippen LogP contribution in [0.25, 0.3) is 0 Å². The van der Waals surface area contributed by atoms with Gasteiger partial charge in [0.05, 0.1) is 18.1 Å². The Morgan fingerprint density at radius 3 is 2.36 bits per heavy atom. The Kier molecular flexibility index (Phi) is 5.46. The third-order valence-corrected chi connectivity index (χ3v) is 6.89. The van der Waals surface area contributed by atoms with Crippen molar-refractivity contribution in [1.82, 2.24) is 9.21 Å². The SMILES string of the molecule is CC(C)c1ccc(S(=O)(=O)N2CCC[C@@H]2C(=O)N2CCOCC2)cc1. The van der Waals surface area contributed by atoms with Gasteiger partial charge in [-0.3, -0.25) is 4.79 Å². The fourth-order valence-electron chi connectivity index (χ4n) is 3.43. The first-order chi connectivity index (χ1) is 11.9. The van der Waals surface area contributed by atoms with E-state index in [1.54, 1.807) is 17.0 Å². The van der Waals surface area contributed by atoms with E-state index in [9.17, 15) is 13.2 Å². The topological polar surface area (TPSA) is 66.9 Å². The quantitative estimate of drug-likeness (QED) is 0.815. The molecule has 1 amide bonds. The standard InChI is InChI=1S/C18H26N2O4S/c1-14(2)15-5-7-16(8-6-15)25(22,23)20-9-3-4-17(20)18(21)19-10-12-24-13-11-19/h5-8,14,17H,3-4,9-13H2,1-2H3/t17-/m1/s1. The number of amides is 1. The molecule has 0 unspecified atom stereocenters. The molecule has 0 spiro atoms. The van der Waals surface area contributed by atoms with Gasteiger partial charge in [0.2, 0.25) is 15.9 Å². The molecule has 2 fully saturated rings. The van der Waals surface area contributed by atoms with Gasteiger partial charge in [0.15, 0.2) is 0 Å². The van der Waals surface area contributed by atoms with Gasteiger partial charge >= 0.3 is 0 Å². The lowest BCUT2D eigenvalue weighted by molar-refractivity contribution is -0.138. The van der Waals surface area contributed by atoms with Crippen LogP contribution in [-0.2, 0) is 19.6 Å². The van der Waals surface area contributed by atoms with Gasteiger partial charge in [0.1, 0.15) is 6.04 Å². The van der Waals surface area contributed by atoms with Crippen molar-refractivity contribution in [1.29, 1.82) is 0 Å². The first-order valence-electron chi connectivity index (χ1n) is 8.89. The number of carbonyl (C=O) groups is 1. The lowest BCUT2D eigenvalue weighted by atomic mass is 10.0. The fourth-order valence-corrected chi connectivity index (χ4v) is 5.08. The average Bonchev–Trinajstić information content (AvgIpc) is 3.12. The van der Waals surface area contributed by atoms with Crippen LogP contribution in [0.5, 0.6) is 0 Å². The molecule has 0 saturated carbocycles. The summed E-state index contributed by atoms with van der Waals surface area (Å²) in [7, 11) is -3.66. The second-order valence-corrected chi connectivity index (χ2v) is 8.83. The molecule has 7 heteroatoms. The van der Waals surface area contributed by atoms with Crippen molar-refractivity contribution in [2.45, 2.75) is 43.5 Å². The molecule has 2 aliphatic heterocycles. The highest BCUT2D eigenvalue weighted by atomic mass is 32.2. The van der Waals surface area contributed by atoms with Gasteiger partial charge in [-0.05, 0) is 36.5 Å². The predicted molar refractivity (Wildman–Crippen MR) is 94.8 cm³/mol. The molecule has 6 nitrogen and oxygen atoms in total. The van der Waals surface area contributed by atoms with Crippen LogP contribution in [0.1, 0.15) is 38.2 Å². The molecule has 0 aliphatic carbocycles. The summed E-state index contributed by atoms with van der Waals surface area (Å²) in [5.41, 5.74) is 1.10. The first-order valence-corrected chi connectivity index (χ1v) is 10.3. The summed E-state index contributed by atoms with van der Waals surface area (Å²) in [4.78, 5) is 14.8. The molecule has 0 N–H and O–H groups in total. The van der Waals surface area contributed by atoms with E-state index in [1.165, 1.54) is 4.31 Å². The van der Waals surface area contributed by atoms with Gasteiger partial charge in [0.25, 0.3) is 0 Å². The molecule has 0 aromatic heterocycles. The van der Waals surface area contributed by atoms with Gasteiger partial charge in [-0.15, -0.1) is 0 Å². The molecule has 2 aliphatic rings. The largest absolute Gasteiger partial charge is 0.378 e. The van der Waals surface area contributed by atoms with Crippen LogP contribution in [-0.4, -0.2) is 62.4 Å². The molecule has 1 aromatic rings. The van der Waals surface area contributed by atoms with Crippen LogP contribution in [0, 0.1) is 0 Å². The van der Waals surface area contributed by atoms with E-state index < -0.39 is 16.1 Å². The van der Waals surface area contributed by atoms with E-state index >= 15 is 0 Å². The second kappa shape index (κ2) is 7.43. The van der Waals surface area contributed by atoms with Crippen molar-refractivity contribution in [2.24, 2.45) is 0 Å². The van der Waals surface area contributed by atoms with Gasteiger partial charge in [-0.25, -0.2) is 8.42 Å². The summed E-state index contributed by atoms with van der Waals surface area (Å²) < 4.78 is 32.8. The molecule has 138 valence electrons. The van der Waals surface area contributed by atoms with Gasteiger partial charge in [-0.2, -0.15) is 4.31 Å². The number of sulfonamides is 1. The van der Waals surface area contributed by atoms with Crippen LogP contribution in [0.2, 0.25) is 0 Å². The Balaban J connectivity index is 1.81. The third kappa shape index (κ3) is 3.73. The van der Waals surface area contributed by atoms with Crippen LogP contribution in [0.3, 0.4) is 0 Å². The highest BCUT2D eigenvalue weighted by Crippen LogP contribution is 2.28. The zero-order valence-corrected chi connectivity index (χ0v) is 15.7. The van der Waals surface area contributed by atoms with Crippen molar-refractivity contribution in [3.63, 3.8) is 0 Å². The van der Waals surface area contributed by atoms with E-state index in [0.29, 0.717) is 51.6 Å². The number of nitrogens with zero attached hydrogens (tertiary/aromatic N) is 2. The number of ether oxygens (including phenoxy) is 1. The maximum Gasteiger partial charge on any atom is 0.243 e. The number of benzene rings is 1. The highest BCUT2D eigenvalue weighted by molar-refractivity contribution is 7.89. The summed E-state index contributed by atoms with van der Waals surface area (Å²) >= 11 is 0. The maximum atomic E-state index is 13.0. The first kappa shape index (κ1) is 18.4. The van der Waals surface area contributed by atoms with Crippen molar-refractivity contribution >= 4 is 15.9 Å². The van der Waals surface area contributed by atoms with Crippen molar-refractivity contribution in [2.75, 3.05) is 32.8 Å². The Morgan fingerprint density at radius 1 is 1.12 bits per heavy atom. The number of rotatable bonds is 4. The minimum Gasteiger partial charge on any atom is -0.378 e. The zero-order valence-electron chi connectivity index (χ0n) is 14.8. The number of hydrogen-bond donors (Lipinski definition) is 0. The summed E-state index contributed by atoms with van der Waals surface area (Å²) in [5.74, 6) is 0.252. The Hall–Kier alpha value is -1.44. The highest BCUT2D eigenvalue weighted by Gasteiger charge is 2.41. The Labute approximate surface area is 149 Å². The van der Waals surface area contributed by atoms with Gasteiger partial charge < -0.3 is 9.64 Å². The number of morpholine rings is 1. The maximum absolute atomic E-state index is 13.0. The molecular weight excluding hydrogens is 340 g/mol. The van der Waals surface area contributed by atoms with Gasteiger partial charge in [-0.1, -0.05) is 26.0 Å². The number of hydrogen-bond acceptors (Lipinski definition) is 4. The van der Waals surface area contributed by atoms with Crippen molar-refractivity contribution in [3.05, 3.63) is 29.8 Å². The Morgan fingerprint density at radius 2 is 1.76 bits per heavy atom. The summed E-state index contributed by atoms with van der Waals surface area (Å²) in [5, 5.41) is 0. The van der Waals surface area contributed by atoms with Crippen LogP contribution < -0.4 is 0 Å². The molecular formula is C18H26N2O4S. The monoisotopic (exact) mass is 366 g/mol. The van der Waals surface area contributed by atoms with E-state index in [2.05, 4.69) is 13.8 Å². The molecule has 25 heavy (non-hydrogen) atoms. The summed E-state index contributed by atoms with van der Waals surface area (Å²) in [6.07, 6.45) is 1.30. The predicted octanol–water partition coefficient (Wildman–Crippen LogP) is 1.82. The van der Waals surface area contributed by atoms with E-state index in [1.807, 2.05) is 12.1 Å². The van der Waals surface area contributed by atoms with E-state index in [4.69, 9.17) is 4.74 Å². The molecule has 1 atom stereocenters. The lowest BCUT2D eigenvalue weighted by Crippen LogP contribution is -2.50. The second-order valence-electron chi connectivity index (χ2n) is 6.94. The molecule has 1 aromatic carbocycles. The van der Waals surface area contributed by atoms with E-state index in [-0.39, 0.29) is 10.8 Å². The minimum absolute atomic E-state index is 0.0943. The molecule has 0 bridgehead atoms. The number of carbonyl (C=O) groups excluding carboxylic acids is 1. The van der Waals surface area contributed by atoms with Crippen LogP contribution in [0.15, 0.2) is 29.2 Å². The van der Waals surface area contributed by atoms with E-state index in [0.717, 1.165) is 5.56 Å². The van der Waals surface area contributed by atoms with Crippen molar-refractivity contribution < 1.29 is 17.9 Å². The third-order valence-electron chi connectivity index (χ3n) is 4.96. The molecule has 2 heterocycles. The van der Waals surface area contributed by atoms with Crippen molar-refractivity contribution in [3.8, 4) is 0 Å². The Bertz CT molecular complexity index is 709. The minimum atomic E-state index is -3.66. The molecule has 0 radical (unpaired) electrons. The zero-order chi connectivity index (χ0) is 18.0. The van der Waals surface area contributed by atoms with Crippen LogP contribution in [0.4, 0.5) is 0 Å². The fraction of sp³-hybridized carbons (Fsp3) is 0.611. The molecule has 2 saturated heterocycles. The average molecular weight is 366 g/mol. The van der Waals surface area contributed by atoms with Gasteiger partial charge in [0, 0.05) is 19.6 Å². The summed E-state index contributed by atoms with van der Waals surface area (Å²) in [6, 6.07) is 6.42. The summed E-state index contributed by atoms with van der Waals surface area (Å²) in [6.45, 7) is 6.64. The normalized spacial score (nSPS) is 22.5. The molecule has 3 rings (SSSR count). The van der Waals surface area contributed by atoms with Crippen LogP contribution >= 0.6 is 0 Å². The smallest absolute Gasteiger partial charge is 0.243 e.